The first-order valence-electron chi connectivity index (χ1n) is 11.1. The molecule has 3 rings (SSSR count). The zero-order valence-corrected chi connectivity index (χ0v) is 20.3. The molecule has 0 bridgehead atoms. The van der Waals surface area contributed by atoms with E-state index in [1.165, 1.54) is 22.1 Å². The van der Waals surface area contributed by atoms with Gasteiger partial charge in [-0.3, -0.25) is 9.59 Å². The van der Waals surface area contributed by atoms with Crippen LogP contribution < -0.4 is 11.1 Å². The maximum absolute atomic E-state index is 14.1. The first kappa shape index (κ1) is 25.9. The number of nitrogens with two attached hydrogens (primary N) is 1. The summed E-state index contributed by atoms with van der Waals surface area (Å²) in [7, 11) is 0. The number of aromatic nitrogens is 1. The van der Waals surface area contributed by atoms with Crippen LogP contribution in [0.1, 0.15) is 44.9 Å². The molecule has 35 heavy (non-hydrogen) atoms. The number of anilines is 2. The Kier molecular flexibility index (Phi) is 7.27. The third kappa shape index (κ3) is 6.03. The van der Waals surface area contributed by atoms with Gasteiger partial charge in [0.15, 0.2) is 11.6 Å². The molecule has 1 fully saturated rings. The summed E-state index contributed by atoms with van der Waals surface area (Å²) in [5.74, 6) is -3.71. The molecule has 0 spiro atoms. The number of rotatable bonds is 2. The Hall–Kier alpha value is -3.76. The molecule has 2 heterocycles. The Morgan fingerprint density at radius 3 is 2.40 bits per heavy atom. The van der Waals surface area contributed by atoms with Crippen molar-refractivity contribution in [3.8, 4) is 0 Å². The van der Waals surface area contributed by atoms with E-state index in [9.17, 15) is 23.2 Å². The summed E-state index contributed by atoms with van der Waals surface area (Å²) in [5, 5.41) is 2.49. The molecule has 1 aliphatic rings. The number of hydrogen-bond acceptors (Lipinski definition) is 6. The number of halogens is 2. The Labute approximate surface area is 202 Å². The van der Waals surface area contributed by atoms with Crippen LogP contribution in [0.2, 0.25) is 0 Å². The lowest BCUT2D eigenvalue weighted by Gasteiger charge is -2.45. The number of carbonyl (C=O) groups is 3. The van der Waals surface area contributed by atoms with Gasteiger partial charge in [-0.1, -0.05) is 6.07 Å². The minimum absolute atomic E-state index is 0.0336. The standard InChI is InChI=1S/C24H29F2N5O4/c1-13-8-16(10-28-20(13)27)29-21(32)22(33)31-11-14(2)30(23(34)35-24(3,4)5)12-19(31)15-6-7-17(25)18(26)9-15/h6-10,14,19H,11-12H2,1-5H3,(H2,27,28)(H,29,32)/t14-,19-/m1/s1. The molecule has 1 aliphatic heterocycles. The third-order valence-corrected chi connectivity index (χ3v) is 5.53. The van der Waals surface area contributed by atoms with Crippen LogP contribution in [0.5, 0.6) is 0 Å². The number of hydrogen-bond donors (Lipinski definition) is 2. The van der Waals surface area contributed by atoms with Crippen LogP contribution in [-0.4, -0.2) is 57.4 Å². The van der Waals surface area contributed by atoms with E-state index in [1.807, 2.05) is 0 Å². The van der Waals surface area contributed by atoms with Gasteiger partial charge in [-0.25, -0.2) is 18.6 Å². The number of carbonyl (C=O) groups excluding carboxylic acids is 3. The minimum atomic E-state index is -1.11. The highest BCUT2D eigenvalue weighted by Crippen LogP contribution is 2.30. The summed E-state index contributed by atoms with van der Waals surface area (Å²) in [6.07, 6.45) is 0.709. The van der Waals surface area contributed by atoms with Crippen molar-refractivity contribution >= 4 is 29.4 Å². The maximum Gasteiger partial charge on any atom is 0.410 e. The molecule has 1 aromatic carbocycles. The second-order valence-corrected chi connectivity index (χ2v) is 9.51. The number of nitrogen functional groups attached to an aromatic ring is 1. The first-order chi connectivity index (χ1) is 16.3. The van der Waals surface area contributed by atoms with E-state index in [-0.39, 0.29) is 24.3 Å². The quantitative estimate of drug-likeness (QED) is 0.625. The molecule has 1 aromatic heterocycles. The first-order valence-corrected chi connectivity index (χ1v) is 11.1. The van der Waals surface area contributed by atoms with E-state index < -0.39 is 47.2 Å². The molecule has 0 radical (unpaired) electrons. The van der Waals surface area contributed by atoms with Crippen LogP contribution in [0, 0.1) is 18.6 Å². The van der Waals surface area contributed by atoms with Gasteiger partial charge in [0.05, 0.1) is 17.9 Å². The molecule has 3 amide bonds. The lowest BCUT2D eigenvalue weighted by atomic mass is 9.99. The lowest BCUT2D eigenvalue weighted by molar-refractivity contribution is -0.147. The lowest BCUT2D eigenvalue weighted by Crippen LogP contribution is -2.59. The number of pyridine rings is 1. The molecular weight excluding hydrogens is 460 g/mol. The van der Waals surface area contributed by atoms with E-state index in [4.69, 9.17) is 10.5 Å². The smallest absolute Gasteiger partial charge is 0.410 e. The molecular formula is C24H29F2N5O4. The van der Waals surface area contributed by atoms with Crippen molar-refractivity contribution in [2.75, 3.05) is 24.1 Å². The summed E-state index contributed by atoms with van der Waals surface area (Å²) in [6.45, 7) is 8.46. The molecule has 0 unspecified atom stereocenters. The number of benzene rings is 1. The van der Waals surface area contributed by atoms with Crippen LogP contribution in [0.4, 0.5) is 25.1 Å². The molecule has 11 heteroatoms. The van der Waals surface area contributed by atoms with Crippen molar-refractivity contribution in [2.24, 2.45) is 0 Å². The van der Waals surface area contributed by atoms with Gasteiger partial charge in [0.2, 0.25) is 0 Å². The van der Waals surface area contributed by atoms with Gasteiger partial charge in [0, 0.05) is 19.1 Å². The Bertz CT molecular complexity index is 1150. The van der Waals surface area contributed by atoms with E-state index in [0.717, 1.165) is 12.1 Å². The molecule has 1 saturated heterocycles. The van der Waals surface area contributed by atoms with Gasteiger partial charge in [-0.05, 0) is 63.9 Å². The molecule has 0 saturated carbocycles. The topological polar surface area (TPSA) is 118 Å². The van der Waals surface area contributed by atoms with Crippen LogP contribution in [-0.2, 0) is 14.3 Å². The van der Waals surface area contributed by atoms with E-state index in [2.05, 4.69) is 10.3 Å². The van der Waals surface area contributed by atoms with Gasteiger partial charge in [0.25, 0.3) is 0 Å². The van der Waals surface area contributed by atoms with Crippen LogP contribution in [0.25, 0.3) is 0 Å². The van der Waals surface area contributed by atoms with Crippen molar-refractivity contribution in [1.29, 1.82) is 0 Å². The number of piperazine rings is 1. The Morgan fingerprint density at radius 2 is 1.80 bits per heavy atom. The average Bonchev–Trinajstić information content (AvgIpc) is 2.76. The predicted molar refractivity (Wildman–Crippen MR) is 125 cm³/mol. The van der Waals surface area contributed by atoms with Gasteiger partial charge >= 0.3 is 17.9 Å². The summed E-state index contributed by atoms with van der Waals surface area (Å²) in [4.78, 5) is 45.4. The highest BCUT2D eigenvalue weighted by Gasteiger charge is 2.41. The van der Waals surface area contributed by atoms with Crippen molar-refractivity contribution in [2.45, 2.75) is 52.3 Å². The van der Waals surface area contributed by atoms with Crippen LogP contribution >= 0.6 is 0 Å². The van der Waals surface area contributed by atoms with Gasteiger partial charge in [-0.15, -0.1) is 0 Å². The van der Waals surface area contributed by atoms with Crippen LogP contribution in [0.15, 0.2) is 30.5 Å². The maximum atomic E-state index is 14.1. The summed E-state index contributed by atoms with van der Waals surface area (Å²) in [5.41, 5.74) is 6.07. The molecule has 2 atom stereocenters. The van der Waals surface area contributed by atoms with E-state index in [1.54, 1.807) is 40.7 Å². The zero-order chi connectivity index (χ0) is 26.1. The molecule has 188 valence electrons. The second-order valence-electron chi connectivity index (χ2n) is 9.51. The Morgan fingerprint density at radius 1 is 1.11 bits per heavy atom. The number of aryl methyl sites for hydroxylation is 1. The number of nitrogens with zero attached hydrogens (tertiary/aromatic N) is 3. The van der Waals surface area contributed by atoms with Gasteiger partial charge < -0.3 is 25.6 Å². The highest BCUT2D eigenvalue weighted by atomic mass is 19.2. The SMILES string of the molecule is Cc1cc(NC(=O)C(=O)N2C[C@@H](C)N(C(=O)OC(C)(C)C)C[C@@H]2c2ccc(F)c(F)c2)cnc1N. The molecule has 9 nitrogen and oxygen atoms in total. The minimum Gasteiger partial charge on any atom is -0.444 e. The van der Waals surface area contributed by atoms with Crippen LogP contribution in [0.3, 0.4) is 0 Å². The van der Waals surface area contributed by atoms with Crippen molar-refractivity contribution < 1.29 is 27.9 Å². The second kappa shape index (κ2) is 9.85. The van der Waals surface area contributed by atoms with Gasteiger partial charge in [-0.2, -0.15) is 0 Å². The predicted octanol–water partition coefficient (Wildman–Crippen LogP) is 3.40. The van der Waals surface area contributed by atoms with Crippen molar-refractivity contribution in [3.63, 3.8) is 0 Å². The Balaban J connectivity index is 1.90. The molecule has 2 aromatic rings. The normalized spacial score (nSPS) is 18.3. The third-order valence-electron chi connectivity index (χ3n) is 5.53. The highest BCUT2D eigenvalue weighted by molar-refractivity contribution is 6.39. The van der Waals surface area contributed by atoms with Crippen molar-refractivity contribution in [1.82, 2.24) is 14.8 Å². The van der Waals surface area contributed by atoms with E-state index >= 15 is 0 Å². The molecule has 0 aliphatic carbocycles. The summed E-state index contributed by atoms with van der Waals surface area (Å²) in [6, 6.07) is 3.35. The fourth-order valence-corrected chi connectivity index (χ4v) is 3.75. The number of nitrogens with one attached hydrogen (secondary N) is 1. The fraction of sp³-hybridized carbons (Fsp3) is 0.417. The number of amides is 3. The van der Waals surface area contributed by atoms with Gasteiger partial charge in [0.1, 0.15) is 11.4 Å². The molecule has 3 N–H and O–H groups in total. The summed E-state index contributed by atoms with van der Waals surface area (Å²) < 4.78 is 33.1. The van der Waals surface area contributed by atoms with E-state index in [0.29, 0.717) is 11.4 Å². The number of ether oxygens (including phenoxy) is 1. The monoisotopic (exact) mass is 489 g/mol. The average molecular weight is 490 g/mol. The fourth-order valence-electron chi connectivity index (χ4n) is 3.75. The largest absolute Gasteiger partial charge is 0.444 e. The zero-order valence-electron chi connectivity index (χ0n) is 20.3. The summed E-state index contributed by atoms with van der Waals surface area (Å²) >= 11 is 0. The van der Waals surface area contributed by atoms with Crippen molar-refractivity contribution in [3.05, 3.63) is 53.2 Å².